The highest BCUT2D eigenvalue weighted by atomic mass is 16.3. The van der Waals surface area contributed by atoms with Crippen LogP contribution in [0.4, 0.5) is 28.4 Å². The molecule has 1 aliphatic rings. The molecule has 6 heteroatoms. The van der Waals surface area contributed by atoms with E-state index < -0.39 is 0 Å². The molecule has 0 radical (unpaired) electrons. The van der Waals surface area contributed by atoms with Crippen LogP contribution >= 0.6 is 0 Å². The van der Waals surface area contributed by atoms with Gasteiger partial charge in [-0.1, -0.05) is 61.5 Å². The minimum Gasteiger partial charge on any atom is -0.395 e. The van der Waals surface area contributed by atoms with E-state index >= 15 is 0 Å². The molecule has 41 heavy (non-hydrogen) atoms. The topological polar surface area (TPSA) is 80.5 Å². The zero-order chi connectivity index (χ0) is 28.6. The predicted octanol–water partition coefficient (Wildman–Crippen LogP) is 6.99. The normalized spacial score (nSPS) is 14.6. The molecule has 0 atom stereocenters. The quantitative estimate of drug-likeness (QED) is 0.201. The Morgan fingerprint density at radius 2 is 1.44 bits per heavy atom. The second kappa shape index (κ2) is 13.2. The van der Waals surface area contributed by atoms with E-state index in [0.717, 1.165) is 63.0 Å². The van der Waals surface area contributed by atoms with Gasteiger partial charge in [-0.2, -0.15) is 0 Å². The van der Waals surface area contributed by atoms with E-state index in [1.165, 1.54) is 5.56 Å². The lowest BCUT2D eigenvalue weighted by atomic mass is 9.89. The number of allylic oxidation sites excluding steroid dienone is 2. The number of hydrogen-bond donors (Lipinski definition) is 3. The van der Waals surface area contributed by atoms with Crippen molar-refractivity contribution in [2.45, 2.75) is 20.3 Å². The van der Waals surface area contributed by atoms with Crippen molar-refractivity contribution >= 4 is 39.9 Å². The molecule has 0 heterocycles. The number of aliphatic hydroxyl groups is 2. The fourth-order valence-corrected chi connectivity index (χ4v) is 4.99. The summed E-state index contributed by atoms with van der Waals surface area (Å²) < 4.78 is 0. The van der Waals surface area contributed by atoms with Crippen LogP contribution in [0.25, 0.3) is 0 Å². The summed E-state index contributed by atoms with van der Waals surface area (Å²) in [5.74, 6) is 0. The Morgan fingerprint density at radius 3 is 2.12 bits per heavy atom. The summed E-state index contributed by atoms with van der Waals surface area (Å²) >= 11 is 0. The van der Waals surface area contributed by atoms with Crippen LogP contribution in [-0.2, 0) is 6.42 Å². The second-order valence-electron chi connectivity index (χ2n) is 9.98. The first-order valence-electron chi connectivity index (χ1n) is 14.1. The van der Waals surface area contributed by atoms with Crippen LogP contribution < -0.4 is 10.2 Å². The Hall–Kier alpha value is -4.52. The fraction of sp³-hybridized carbons (Fsp3) is 0.200. The number of fused-ring (bicyclic) bond motifs is 1. The van der Waals surface area contributed by atoms with E-state index in [0.29, 0.717) is 13.1 Å². The molecule has 0 unspecified atom stereocenters. The van der Waals surface area contributed by atoms with E-state index in [1.54, 1.807) is 0 Å². The molecule has 0 fully saturated rings. The molecule has 0 aliphatic heterocycles. The van der Waals surface area contributed by atoms with Crippen molar-refractivity contribution in [2.24, 2.45) is 9.98 Å². The van der Waals surface area contributed by atoms with Crippen LogP contribution in [0.15, 0.2) is 119 Å². The Kier molecular flexibility index (Phi) is 9.04. The third kappa shape index (κ3) is 6.62. The van der Waals surface area contributed by atoms with Gasteiger partial charge in [0.1, 0.15) is 0 Å². The molecule has 5 rings (SSSR count). The zero-order valence-corrected chi connectivity index (χ0v) is 23.6. The number of aryl methyl sites for hydroxylation is 1. The number of anilines is 3. The predicted molar refractivity (Wildman–Crippen MR) is 171 cm³/mol. The number of benzene rings is 4. The van der Waals surface area contributed by atoms with Crippen molar-refractivity contribution in [3.05, 3.63) is 125 Å². The van der Waals surface area contributed by atoms with Crippen LogP contribution in [0, 0.1) is 0 Å². The summed E-state index contributed by atoms with van der Waals surface area (Å²) in [6.07, 6.45) is 3.11. The van der Waals surface area contributed by atoms with Crippen molar-refractivity contribution in [2.75, 3.05) is 36.5 Å². The lowest BCUT2D eigenvalue weighted by Crippen LogP contribution is -2.29. The van der Waals surface area contributed by atoms with E-state index in [1.807, 2.05) is 65.6 Å². The van der Waals surface area contributed by atoms with Crippen LogP contribution in [0.3, 0.4) is 0 Å². The molecule has 0 aromatic heterocycles. The fourth-order valence-electron chi connectivity index (χ4n) is 4.99. The van der Waals surface area contributed by atoms with Gasteiger partial charge in [-0.05, 0) is 73.0 Å². The van der Waals surface area contributed by atoms with Crippen LogP contribution in [0.2, 0.25) is 0 Å². The number of para-hydroxylation sites is 1. The standard InChI is InChI=1S/C35H36N4O2/c1-3-26-13-15-28(16-14-26)36-33-23-25(2)35(31-12-8-7-11-30(31)33)38-32-18-17-29(39(19-21-40)20-22-41)24-34(32)37-27-9-5-4-6-10-27/h4-18,23-24,37,40-41H,3,19-22H2,1-2H3. The maximum atomic E-state index is 9.58. The van der Waals surface area contributed by atoms with Gasteiger partial charge < -0.3 is 20.4 Å². The van der Waals surface area contributed by atoms with Crippen molar-refractivity contribution in [3.8, 4) is 0 Å². The Morgan fingerprint density at radius 1 is 0.756 bits per heavy atom. The summed E-state index contributed by atoms with van der Waals surface area (Å²) in [6.45, 7) is 5.08. The van der Waals surface area contributed by atoms with Gasteiger partial charge in [0.05, 0.1) is 41.7 Å². The van der Waals surface area contributed by atoms with E-state index in [4.69, 9.17) is 9.98 Å². The van der Waals surface area contributed by atoms with E-state index in [2.05, 4.69) is 61.6 Å². The molecule has 6 nitrogen and oxygen atoms in total. The van der Waals surface area contributed by atoms with Gasteiger partial charge in [-0.15, -0.1) is 0 Å². The van der Waals surface area contributed by atoms with Crippen molar-refractivity contribution in [3.63, 3.8) is 0 Å². The average molecular weight is 545 g/mol. The zero-order valence-electron chi connectivity index (χ0n) is 23.6. The minimum absolute atomic E-state index is 0.00108. The summed E-state index contributed by atoms with van der Waals surface area (Å²) in [6, 6.07) is 32.7. The van der Waals surface area contributed by atoms with Gasteiger partial charge in [-0.25, -0.2) is 9.98 Å². The molecule has 0 amide bonds. The van der Waals surface area contributed by atoms with Gasteiger partial charge in [0.25, 0.3) is 0 Å². The largest absolute Gasteiger partial charge is 0.395 e. The first-order chi connectivity index (χ1) is 20.1. The molecular formula is C35H36N4O2. The third-order valence-electron chi connectivity index (χ3n) is 7.15. The van der Waals surface area contributed by atoms with Crippen LogP contribution in [-0.4, -0.2) is 47.9 Å². The summed E-state index contributed by atoms with van der Waals surface area (Å²) in [7, 11) is 0. The SMILES string of the molecule is CCc1ccc(N=C2C=C(C)C(=Nc3ccc(N(CCO)CCO)cc3Nc3ccccc3)c3ccccc32)cc1. The molecule has 3 N–H and O–H groups in total. The summed E-state index contributed by atoms with van der Waals surface area (Å²) in [4.78, 5) is 12.2. The maximum absolute atomic E-state index is 9.58. The van der Waals surface area contributed by atoms with Gasteiger partial charge in [0.15, 0.2) is 0 Å². The molecule has 0 saturated heterocycles. The molecule has 1 aliphatic carbocycles. The molecule has 0 bridgehead atoms. The average Bonchev–Trinajstić information content (AvgIpc) is 3.00. The number of rotatable bonds is 10. The summed E-state index contributed by atoms with van der Waals surface area (Å²) in [5, 5.41) is 22.7. The maximum Gasteiger partial charge on any atom is 0.0873 e. The highest BCUT2D eigenvalue weighted by Gasteiger charge is 2.21. The smallest absolute Gasteiger partial charge is 0.0873 e. The molecular weight excluding hydrogens is 508 g/mol. The number of nitrogens with one attached hydrogen (secondary N) is 1. The second-order valence-corrected chi connectivity index (χ2v) is 9.98. The van der Waals surface area contributed by atoms with Gasteiger partial charge in [0, 0.05) is 35.6 Å². The highest BCUT2D eigenvalue weighted by molar-refractivity contribution is 6.28. The van der Waals surface area contributed by atoms with E-state index in [9.17, 15) is 10.2 Å². The van der Waals surface area contributed by atoms with Crippen molar-refractivity contribution in [1.82, 2.24) is 0 Å². The molecule has 4 aromatic rings. The minimum atomic E-state index is -0.00108. The lowest BCUT2D eigenvalue weighted by Gasteiger charge is -2.24. The Balaban J connectivity index is 1.58. The molecule has 0 spiro atoms. The number of hydrogen-bond acceptors (Lipinski definition) is 6. The van der Waals surface area contributed by atoms with Gasteiger partial charge in [-0.3, -0.25) is 0 Å². The third-order valence-corrected chi connectivity index (χ3v) is 7.15. The first-order valence-corrected chi connectivity index (χ1v) is 14.1. The summed E-state index contributed by atoms with van der Waals surface area (Å²) in [5.41, 5.74) is 10.6. The van der Waals surface area contributed by atoms with Crippen LogP contribution in [0.1, 0.15) is 30.5 Å². The Labute approximate surface area is 242 Å². The molecule has 0 saturated carbocycles. The highest BCUT2D eigenvalue weighted by Crippen LogP contribution is 2.35. The Bertz CT molecular complexity index is 1570. The number of aliphatic imine (C=N–C) groups is 2. The lowest BCUT2D eigenvalue weighted by molar-refractivity contribution is 0.281. The number of nitrogens with zero attached hydrogens (tertiary/aromatic N) is 3. The van der Waals surface area contributed by atoms with E-state index in [-0.39, 0.29) is 13.2 Å². The first kappa shape index (κ1) is 28.0. The van der Waals surface area contributed by atoms with Gasteiger partial charge in [0.2, 0.25) is 0 Å². The molecule has 4 aromatic carbocycles. The number of aliphatic hydroxyl groups excluding tert-OH is 2. The van der Waals surface area contributed by atoms with Crippen molar-refractivity contribution in [1.29, 1.82) is 0 Å². The van der Waals surface area contributed by atoms with Crippen LogP contribution in [0.5, 0.6) is 0 Å². The van der Waals surface area contributed by atoms with Gasteiger partial charge >= 0.3 is 0 Å². The van der Waals surface area contributed by atoms with Crippen molar-refractivity contribution < 1.29 is 10.2 Å². The monoisotopic (exact) mass is 544 g/mol. The molecule has 208 valence electrons.